The largest absolute Gasteiger partial charge is 0.461 e. The summed E-state index contributed by atoms with van der Waals surface area (Å²) in [5.41, 5.74) is 3.94. The van der Waals surface area contributed by atoms with Crippen LogP contribution in [0.25, 0.3) is 16.8 Å². The number of benzene rings is 1. The molecule has 1 aliphatic rings. The Balaban J connectivity index is 1.43. The van der Waals surface area contributed by atoms with Crippen LogP contribution >= 0.6 is 23.2 Å². The SMILES string of the molecule is C[C@H](NC(=O)[C@H](Cc1cccnc1)NC(=O)C(C)(C)/C=C/c1cc2cc([C@@H](C)O)ccc2cn1)C(=O)N1CCC[C@@H](C(=O)OCC(C)(Cl)Cl)N1. The number of alkyl halides is 2. The Kier molecular flexibility index (Phi) is 13.0. The highest BCUT2D eigenvalue weighted by Gasteiger charge is 2.34. The van der Waals surface area contributed by atoms with Gasteiger partial charge in [-0.1, -0.05) is 47.5 Å². The molecule has 1 fully saturated rings. The maximum Gasteiger partial charge on any atom is 0.325 e. The van der Waals surface area contributed by atoms with Gasteiger partial charge in [-0.15, -0.1) is 0 Å². The number of fused-ring (bicyclic) bond motifs is 1. The van der Waals surface area contributed by atoms with Crippen molar-refractivity contribution in [2.45, 2.75) is 82.4 Å². The van der Waals surface area contributed by atoms with E-state index in [2.05, 4.69) is 26.0 Å². The van der Waals surface area contributed by atoms with E-state index in [1.165, 1.54) is 18.9 Å². The van der Waals surface area contributed by atoms with E-state index in [0.29, 0.717) is 30.6 Å². The van der Waals surface area contributed by atoms with Crippen LogP contribution in [0.5, 0.6) is 0 Å². The number of aromatic nitrogens is 2. The summed E-state index contributed by atoms with van der Waals surface area (Å²) in [6, 6.07) is 8.23. The lowest BCUT2D eigenvalue weighted by Crippen LogP contribution is -2.61. The van der Waals surface area contributed by atoms with Gasteiger partial charge in [-0.25, -0.2) is 5.43 Å². The number of nitrogens with zero attached hydrogens (tertiary/aromatic N) is 3. The highest BCUT2D eigenvalue weighted by atomic mass is 35.5. The first-order valence-electron chi connectivity index (χ1n) is 16.4. The Labute approximate surface area is 301 Å². The zero-order chi connectivity index (χ0) is 36.6. The maximum atomic E-state index is 13.7. The number of nitrogens with one attached hydrogen (secondary N) is 3. The quantitative estimate of drug-likeness (QED) is 0.150. The number of carbonyl (C=O) groups excluding carboxylic acids is 4. The number of hydrogen-bond acceptors (Lipinski definition) is 9. The number of aliphatic hydroxyl groups is 1. The maximum absolute atomic E-state index is 13.7. The van der Waals surface area contributed by atoms with Crippen molar-refractivity contribution in [1.29, 1.82) is 0 Å². The molecule has 0 radical (unpaired) electrons. The lowest BCUT2D eigenvalue weighted by Gasteiger charge is -2.34. The molecule has 0 unspecified atom stereocenters. The third-order valence-corrected chi connectivity index (χ3v) is 8.44. The van der Waals surface area contributed by atoms with Gasteiger partial charge in [-0.2, -0.15) is 0 Å². The first kappa shape index (κ1) is 38.7. The number of hydrogen-bond donors (Lipinski definition) is 4. The van der Waals surface area contributed by atoms with Crippen molar-refractivity contribution >= 4 is 63.7 Å². The van der Waals surface area contributed by atoms with Crippen LogP contribution in [-0.4, -0.2) is 79.4 Å². The average molecular weight is 728 g/mol. The molecule has 0 aliphatic carbocycles. The zero-order valence-corrected chi connectivity index (χ0v) is 30.3. The molecule has 268 valence electrons. The van der Waals surface area contributed by atoms with Gasteiger partial charge in [0.25, 0.3) is 5.91 Å². The summed E-state index contributed by atoms with van der Waals surface area (Å²) in [5.74, 6) is -2.04. The van der Waals surface area contributed by atoms with Gasteiger partial charge < -0.3 is 20.5 Å². The number of hydrazine groups is 1. The molecule has 3 aromatic rings. The summed E-state index contributed by atoms with van der Waals surface area (Å²) in [4.78, 5) is 61.8. The number of aliphatic hydroxyl groups excluding tert-OH is 1. The highest BCUT2D eigenvalue weighted by Crippen LogP contribution is 2.24. The molecule has 3 heterocycles. The van der Waals surface area contributed by atoms with Gasteiger partial charge in [-0.3, -0.25) is 34.2 Å². The van der Waals surface area contributed by atoms with E-state index in [-0.39, 0.29) is 13.0 Å². The minimum atomic E-state index is -1.24. The number of esters is 1. The Morgan fingerprint density at radius 2 is 1.86 bits per heavy atom. The summed E-state index contributed by atoms with van der Waals surface area (Å²) in [6.07, 6.45) is 8.88. The second-order valence-electron chi connectivity index (χ2n) is 13.3. The number of pyridine rings is 2. The second kappa shape index (κ2) is 16.7. The van der Waals surface area contributed by atoms with E-state index in [1.54, 1.807) is 63.6 Å². The second-order valence-corrected chi connectivity index (χ2v) is 15.1. The molecule has 0 saturated carbocycles. The molecule has 2 aromatic heterocycles. The van der Waals surface area contributed by atoms with Crippen molar-refractivity contribution < 1.29 is 29.0 Å². The lowest BCUT2D eigenvalue weighted by molar-refractivity contribution is -0.153. The molecule has 12 nitrogen and oxygen atoms in total. The molecular weight excluding hydrogens is 683 g/mol. The first-order chi connectivity index (χ1) is 23.5. The third kappa shape index (κ3) is 10.9. The average Bonchev–Trinajstić information content (AvgIpc) is 3.08. The van der Waals surface area contributed by atoms with Crippen LogP contribution in [0, 0.1) is 5.41 Å². The summed E-state index contributed by atoms with van der Waals surface area (Å²) >= 11 is 11.8. The van der Waals surface area contributed by atoms with Crippen LogP contribution < -0.4 is 16.1 Å². The topological polar surface area (TPSA) is 163 Å². The van der Waals surface area contributed by atoms with Crippen molar-refractivity contribution in [3.8, 4) is 0 Å². The van der Waals surface area contributed by atoms with Crippen molar-refractivity contribution in [2.24, 2.45) is 5.41 Å². The van der Waals surface area contributed by atoms with E-state index in [9.17, 15) is 24.3 Å². The van der Waals surface area contributed by atoms with Crippen LogP contribution in [0.3, 0.4) is 0 Å². The molecule has 4 atom stereocenters. The monoisotopic (exact) mass is 726 g/mol. The molecule has 50 heavy (non-hydrogen) atoms. The standard InChI is InChI=1S/C36H44Cl2N6O6/c1-22(32(47)44-15-7-9-29(43-44)33(48)50-21-36(5,37)38)41-31(46)30(16-24-8-6-14-39-19-24)42-34(49)35(3,4)13-12-28-18-27-17-25(23(2)45)10-11-26(27)20-40-28/h6,8,10-14,17-20,22-23,29-30,43,45H,7,9,15-16,21H2,1-5H3,(H,41,46)(H,42,49)/b13-12+/t22-,23+,29-,30-/m0/s1. The molecule has 1 saturated heterocycles. The fourth-order valence-corrected chi connectivity index (χ4v) is 5.34. The molecule has 3 amide bonds. The van der Waals surface area contributed by atoms with E-state index in [0.717, 1.165) is 16.3 Å². The predicted octanol–water partition coefficient (Wildman–Crippen LogP) is 4.19. The molecule has 1 aromatic carbocycles. The van der Waals surface area contributed by atoms with Crippen LogP contribution in [-0.2, 0) is 30.3 Å². The van der Waals surface area contributed by atoms with Gasteiger partial charge in [-0.05, 0) is 88.2 Å². The van der Waals surface area contributed by atoms with Crippen LogP contribution in [0.4, 0.5) is 0 Å². The Morgan fingerprint density at radius 3 is 2.54 bits per heavy atom. The van der Waals surface area contributed by atoms with Crippen LogP contribution in [0.2, 0.25) is 0 Å². The molecule has 1 aliphatic heterocycles. The predicted molar refractivity (Wildman–Crippen MR) is 192 cm³/mol. The van der Waals surface area contributed by atoms with E-state index < -0.39 is 57.7 Å². The minimum Gasteiger partial charge on any atom is -0.461 e. The fourth-order valence-electron chi connectivity index (χ4n) is 5.23. The minimum absolute atomic E-state index is 0.125. The molecule has 4 rings (SSSR count). The van der Waals surface area contributed by atoms with Crippen molar-refractivity contribution in [2.75, 3.05) is 13.2 Å². The van der Waals surface area contributed by atoms with Crippen molar-refractivity contribution in [3.63, 3.8) is 0 Å². The van der Waals surface area contributed by atoms with Gasteiger partial charge in [0.2, 0.25) is 11.8 Å². The first-order valence-corrected chi connectivity index (χ1v) is 17.2. The van der Waals surface area contributed by atoms with E-state index >= 15 is 0 Å². The summed E-state index contributed by atoms with van der Waals surface area (Å²) in [5, 5.41) is 18.7. The van der Waals surface area contributed by atoms with E-state index in [1.807, 2.05) is 24.3 Å². The summed E-state index contributed by atoms with van der Waals surface area (Å²) in [7, 11) is 0. The van der Waals surface area contributed by atoms with E-state index in [4.69, 9.17) is 27.9 Å². The molecule has 14 heteroatoms. The third-order valence-electron chi connectivity index (χ3n) is 8.22. The number of amides is 3. The number of rotatable bonds is 13. The van der Waals surface area contributed by atoms with Crippen LogP contribution in [0.15, 0.2) is 61.1 Å². The normalized spacial score (nSPS) is 17.2. The molecule has 0 spiro atoms. The Morgan fingerprint density at radius 1 is 1.10 bits per heavy atom. The molecule has 0 bridgehead atoms. The van der Waals surface area contributed by atoms with Crippen molar-refractivity contribution in [3.05, 3.63) is 77.9 Å². The van der Waals surface area contributed by atoms with Gasteiger partial charge in [0, 0.05) is 36.9 Å². The smallest absolute Gasteiger partial charge is 0.325 e. The Hall–Kier alpha value is -4.10. The van der Waals surface area contributed by atoms with Gasteiger partial charge >= 0.3 is 5.97 Å². The van der Waals surface area contributed by atoms with Crippen molar-refractivity contribution in [1.82, 2.24) is 31.0 Å². The number of halogens is 2. The lowest BCUT2D eigenvalue weighted by atomic mass is 9.90. The van der Waals surface area contributed by atoms with Gasteiger partial charge in [0.15, 0.2) is 0 Å². The molecule has 4 N–H and O–H groups in total. The van der Waals surface area contributed by atoms with Gasteiger partial charge in [0.1, 0.15) is 29.1 Å². The summed E-state index contributed by atoms with van der Waals surface area (Å²) in [6.45, 7) is 8.28. The number of carbonyl (C=O) groups is 4. The zero-order valence-electron chi connectivity index (χ0n) is 28.8. The molecular formula is C36H44Cl2N6O6. The summed E-state index contributed by atoms with van der Waals surface area (Å²) < 4.78 is 3.94. The fraction of sp³-hybridized carbons (Fsp3) is 0.444. The van der Waals surface area contributed by atoms with Crippen LogP contribution in [0.1, 0.15) is 70.4 Å². The highest BCUT2D eigenvalue weighted by molar-refractivity contribution is 6.48. The number of ether oxygens (including phenoxy) is 1. The van der Waals surface area contributed by atoms with Gasteiger partial charge in [0.05, 0.1) is 17.2 Å². The Bertz CT molecular complexity index is 1710.